The van der Waals surface area contributed by atoms with Gasteiger partial charge in [0.1, 0.15) is 18.0 Å². The number of amides is 1. The summed E-state index contributed by atoms with van der Waals surface area (Å²) in [5.41, 5.74) is 3.84. The van der Waals surface area contributed by atoms with Gasteiger partial charge in [0.15, 0.2) is 12.4 Å². The molecule has 0 atom stereocenters. The Kier molecular flexibility index (Phi) is 19.1. The number of rotatable bonds is 21. The molecule has 0 aliphatic carbocycles. The average Bonchev–Trinajstić information content (AvgIpc) is 3.06. The van der Waals surface area contributed by atoms with Crippen molar-refractivity contribution in [2.24, 2.45) is 0 Å². The number of methoxy groups -OCH3 is 1. The number of carbonyl (C=O) groups is 1. The average molecular weight is 757 g/mol. The third-order valence-corrected chi connectivity index (χ3v) is 8.76. The number of aryl methyl sites for hydroxylation is 1. The third kappa shape index (κ3) is 14.2. The van der Waals surface area contributed by atoms with Crippen LogP contribution in [0.4, 0.5) is 0 Å². The van der Waals surface area contributed by atoms with E-state index in [1.54, 1.807) is 7.11 Å². The molecule has 0 saturated carbocycles. The molecule has 5 nitrogen and oxygen atoms in total. The van der Waals surface area contributed by atoms with Crippen molar-refractivity contribution in [1.82, 2.24) is 4.90 Å². The Labute approximate surface area is 303 Å². The third-order valence-electron chi connectivity index (χ3n) is 8.76. The van der Waals surface area contributed by atoms with Crippen LogP contribution < -0.4 is 38.0 Å². The molecular formula is C41H61IN2O3. The predicted octanol–water partition coefficient (Wildman–Crippen LogP) is 7.23. The highest BCUT2D eigenvalue weighted by atomic mass is 127. The molecule has 2 aromatic carbocycles. The maximum absolute atomic E-state index is 14.0. The Morgan fingerprint density at radius 2 is 1.36 bits per heavy atom. The fourth-order valence-electron chi connectivity index (χ4n) is 6.01. The van der Waals surface area contributed by atoms with Crippen molar-refractivity contribution in [2.45, 2.75) is 137 Å². The molecule has 0 spiro atoms. The van der Waals surface area contributed by atoms with Crippen LogP contribution in [-0.4, -0.2) is 24.5 Å². The van der Waals surface area contributed by atoms with Crippen molar-refractivity contribution in [3.63, 3.8) is 0 Å². The molecule has 260 valence electrons. The van der Waals surface area contributed by atoms with Gasteiger partial charge >= 0.3 is 0 Å². The van der Waals surface area contributed by atoms with E-state index in [0.717, 1.165) is 36.4 Å². The van der Waals surface area contributed by atoms with Crippen LogP contribution in [0.1, 0.15) is 139 Å². The van der Waals surface area contributed by atoms with Crippen molar-refractivity contribution >= 4 is 5.91 Å². The first-order valence-electron chi connectivity index (χ1n) is 17.9. The van der Waals surface area contributed by atoms with Gasteiger partial charge < -0.3 is 38.4 Å². The van der Waals surface area contributed by atoms with Crippen molar-refractivity contribution in [2.75, 3.05) is 13.7 Å². The number of aromatic nitrogens is 1. The van der Waals surface area contributed by atoms with E-state index in [2.05, 4.69) is 75.8 Å². The number of hydrogen-bond acceptors (Lipinski definition) is 3. The molecule has 0 N–H and O–H groups in total. The summed E-state index contributed by atoms with van der Waals surface area (Å²) >= 11 is 0. The molecule has 1 amide bonds. The number of nitrogens with zero attached hydrogens (tertiary/aromatic N) is 2. The Morgan fingerprint density at radius 1 is 0.745 bits per heavy atom. The number of hydrogen-bond donors (Lipinski definition) is 0. The molecule has 6 heteroatoms. The van der Waals surface area contributed by atoms with Gasteiger partial charge in [0.05, 0.1) is 25.8 Å². The van der Waals surface area contributed by atoms with Crippen LogP contribution in [-0.2, 0) is 25.0 Å². The zero-order valence-corrected chi connectivity index (χ0v) is 32.3. The van der Waals surface area contributed by atoms with Gasteiger partial charge in [0, 0.05) is 18.2 Å². The Bertz CT molecular complexity index is 1320. The Morgan fingerprint density at radius 3 is 1.98 bits per heavy atom. The Balaban J connectivity index is 0.00000768. The molecule has 0 fully saturated rings. The predicted molar refractivity (Wildman–Crippen MR) is 191 cm³/mol. The summed E-state index contributed by atoms with van der Waals surface area (Å²) in [5.74, 6) is 1.49. The molecule has 47 heavy (non-hydrogen) atoms. The minimum Gasteiger partial charge on any atom is -1.00 e. The van der Waals surface area contributed by atoms with Gasteiger partial charge in [-0.3, -0.25) is 4.79 Å². The molecule has 0 saturated heterocycles. The van der Waals surface area contributed by atoms with Gasteiger partial charge in [-0.1, -0.05) is 117 Å². The van der Waals surface area contributed by atoms with E-state index in [0.29, 0.717) is 24.4 Å². The van der Waals surface area contributed by atoms with Gasteiger partial charge in [-0.05, 0) is 60.2 Å². The van der Waals surface area contributed by atoms with E-state index < -0.39 is 0 Å². The van der Waals surface area contributed by atoms with Gasteiger partial charge in [-0.15, -0.1) is 0 Å². The van der Waals surface area contributed by atoms with Crippen LogP contribution >= 0.6 is 0 Å². The van der Waals surface area contributed by atoms with Gasteiger partial charge in [-0.25, -0.2) is 4.57 Å². The quantitative estimate of drug-likeness (QED) is 0.0655. The van der Waals surface area contributed by atoms with Crippen LogP contribution in [0.15, 0.2) is 67.0 Å². The second kappa shape index (κ2) is 22.1. The van der Waals surface area contributed by atoms with Crippen molar-refractivity contribution in [3.05, 3.63) is 89.2 Å². The first-order chi connectivity index (χ1) is 22.3. The molecule has 3 rings (SSSR count). The maximum Gasteiger partial charge on any atom is 0.258 e. The largest absolute Gasteiger partial charge is 1.00 e. The van der Waals surface area contributed by atoms with Gasteiger partial charge in [0.25, 0.3) is 5.91 Å². The van der Waals surface area contributed by atoms with Crippen LogP contribution in [0.2, 0.25) is 0 Å². The SMILES string of the molecule is CCCCCCCCCCCCCCOc1ccc(CN(Cc2ccc[n+](CC)c2)C(=O)c2ccccc2OC)cc1C(C)(C)C.[I-]. The highest BCUT2D eigenvalue weighted by Crippen LogP contribution is 2.33. The maximum atomic E-state index is 14.0. The normalized spacial score (nSPS) is 11.2. The molecule has 3 aromatic rings. The van der Waals surface area contributed by atoms with Gasteiger partial charge in [0.2, 0.25) is 0 Å². The zero-order chi connectivity index (χ0) is 33.2. The van der Waals surface area contributed by atoms with Crippen LogP contribution in [0.25, 0.3) is 0 Å². The number of carbonyl (C=O) groups excluding carboxylic acids is 1. The summed E-state index contributed by atoms with van der Waals surface area (Å²) in [6, 6.07) is 18.1. The van der Waals surface area contributed by atoms with E-state index in [4.69, 9.17) is 9.47 Å². The second-order valence-electron chi connectivity index (χ2n) is 13.7. The molecule has 0 bridgehead atoms. The lowest BCUT2D eigenvalue weighted by molar-refractivity contribution is -0.694. The van der Waals surface area contributed by atoms with Crippen molar-refractivity contribution < 1.29 is 42.8 Å². The zero-order valence-electron chi connectivity index (χ0n) is 30.2. The summed E-state index contributed by atoms with van der Waals surface area (Å²) in [5, 5.41) is 0. The summed E-state index contributed by atoms with van der Waals surface area (Å²) in [6.45, 7) is 13.7. The van der Waals surface area contributed by atoms with Crippen LogP contribution in [0, 0.1) is 0 Å². The lowest BCUT2D eigenvalue weighted by atomic mass is 9.85. The highest BCUT2D eigenvalue weighted by Gasteiger charge is 2.24. The summed E-state index contributed by atoms with van der Waals surface area (Å²) in [4.78, 5) is 15.9. The highest BCUT2D eigenvalue weighted by molar-refractivity contribution is 5.96. The lowest BCUT2D eigenvalue weighted by Gasteiger charge is -2.27. The second-order valence-corrected chi connectivity index (χ2v) is 13.7. The summed E-state index contributed by atoms with van der Waals surface area (Å²) < 4.78 is 14.1. The van der Waals surface area contributed by atoms with E-state index in [9.17, 15) is 4.79 Å². The van der Waals surface area contributed by atoms with Crippen molar-refractivity contribution in [3.8, 4) is 11.5 Å². The summed E-state index contributed by atoms with van der Waals surface area (Å²) in [7, 11) is 1.61. The molecule has 0 aliphatic heterocycles. The fraction of sp³-hybridized carbons (Fsp3) is 0.561. The fourth-order valence-corrected chi connectivity index (χ4v) is 6.01. The molecular weight excluding hydrogens is 695 g/mol. The van der Waals surface area contributed by atoms with Crippen LogP contribution in [0.5, 0.6) is 11.5 Å². The van der Waals surface area contributed by atoms with E-state index in [1.807, 2.05) is 35.2 Å². The minimum atomic E-state index is -0.0918. The number of halogens is 1. The number of para-hydroxylation sites is 1. The smallest absolute Gasteiger partial charge is 0.258 e. The van der Waals surface area contributed by atoms with Crippen LogP contribution in [0.3, 0.4) is 0 Å². The van der Waals surface area contributed by atoms with E-state index >= 15 is 0 Å². The Hall–Kier alpha value is -2.61. The molecule has 0 unspecified atom stereocenters. The standard InChI is InChI=1S/C41H61N2O3.HI/c1-7-9-10-11-12-13-14-15-16-17-18-21-29-46-39-27-26-34(30-37(39)41(3,4)5)32-43(33-35-23-22-28-42(8-2)31-35)40(44)36-24-19-20-25-38(36)45-6;/h19-20,22-28,30-31H,7-18,21,29,32-33H2,1-6H3;1H/q+1;/p-1. The number of ether oxygens (including phenoxy) is 2. The molecule has 0 aliphatic rings. The molecule has 1 aromatic heterocycles. The first kappa shape index (κ1) is 40.6. The van der Waals surface area contributed by atoms with E-state index in [1.165, 1.54) is 76.2 Å². The first-order valence-corrected chi connectivity index (χ1v) is 17.9. The van der Waals surface area contributed by atoms with Crippen molar-refractivity contribution in [1.29, 1.82) is 0 Å². The number of benzene rings is 2. The molecule has 1 heterocycles. The number of unbranched alkanes of at least 4 members (excludes halogenated alkanes) is 11. The minimum absolute atomic E-state index is 0. The topological polar surface area (TPSA) is 42.7 Å². The monoisotopic (exact) mass is 756 g/mol. The summed E-state index contributed by atoms with van der Waals surface area (Å²) in [6.07, 6.45) is 20.2. The van der Waals surface area contributed by atoms with Gasteiger partial charge in [-0.2, -0.15) is 0 Å². The molecule has 0 radical (unpaired) electrons. The number of pyridine rings is 1. The lowest BCUT2D eigenvalue weighted by Crippen LogP contribution is -3.00. The van der Waals surface area contributed by atoms with E-state index in [-0.39, 0.29) is 35.3 Å².